The monoisotopic (exact) mass is 352 g/mol. The van der Waals surface area contributed by atoms with Crippen LogP contribution in [0.15, 0.2) is 28.7 Å². The maximum Gasteiger partial charge on any atom is 0.0242 e. The zero-order chi connectivity index (χ0) is 15.4. The summed E-state index contributed by atoms with van der Waals surface area (Å²) in [4.78, 5) is 2.47. The van der Waals surface area contributed by atoms with E-state index >= 15 is 0 Å². The minimum atomic E-state index is 0.658. The summed E-state index contributed by atoms with van der Waals surface area (Å²) in [5.74, 6) is 2.40. The lowest BCUT2D eigenvalue weighted by Gasteiger charge is -2.41. The highest BCUT2D eigenvalue weighted by atomic mass is 79.9. The van der Waals surface area contributed by atoms with Gasteiger partial charge in [0.05, 0.1) is 0 Å². The fourth-order valence-electron chi connectivity index (χ4n) is 3.89. The predicted molar refractivity (Wildman–Crippen MR) is 94.4 cm³/mol. The molecule has 2 rings (SSSR count). The molecule has 0 saturated heterocycles. The van der Waals surface area contributed by atoms with Crippen LogP contribution in [0.3, 0.4) is 0 Å². The predicted octanol–water partition coefficient (Wildman–Crippen LogP) is 4.15. The normalized spacial score (nSPS) is 29.8. The molecule has 4 atom stereocenters. The van der Waals surface area contributed by atoms with E-state index in [-0.39, 0.29) is 0 Å². The molecule has 1 fully saturated rings. The van der Waals surface area contributed by atoms with Gasteiger partial charge in [-0.3, -0.25) is 0 Å². The van der Waals surface area contributed by atoms with Crippen molar-refractivity contribution >= 4 is 15.9 Å². The Hall–Kier alpha value is -0.380. The smallest absolute Gasteiger partial charge is 0.0242 e. The van der Waals surface area contributed by atoms with Gasteiger partial charge in [-0.1, -0.05) is 48.0 Å². The van der Waals surface area contributed by atoms with Crippen molar-refractivity contribution in [2.24, 2.45) is 17.8 Å². The van der Waals surface area contributed by atoms with Crippen molar-refractivity contribution in [2.75, 3.05) is 20.6 Å². The summed E-state index contributed by atoms with van der Waals surface area (Å²) in [6, 6.07) is 9.20. The lowest BCUT2D eigenvalue weighted by atomic mass is 9.72. The van der Waals surface area contributed by atoms with E-state index in [0.29, 0.717) is 6.04 Å². The van der Waals surface area contributed by atoms with Crippen LogP contribution in [0.1, 0.15) is 32.3 Å². The summed E-state index contributed by atoms with van der Waals surface area (Å²) in [5.41, 5.74) is 1.37. The number of rotatable bonds is 5. The Kier molecular flexibility index (Phi) is 6.27. The summed E-state index contributed by atoms with van der Waals surface area (Å²) in [6.07, 6.45) is 2.68. The van der Waals surface area contributed by atoms with Crippen molar-refractivity contribution in [1.82, 2.24) is 10.2 Å². The van der Waals surface area contributed by atoms with Crippen LogP contribution < -0.4 is 5.32 Å². The highest BCUT2D eigenvalue weighted by molar-refractivity contribution is 9.10. The van der Waals surface area contributed by atoms with E-state index in [4.69, 9.17) is 0 Å². The molecule has 1 aliphatic rings. The third kappa shape index (κ3) is 4.54. The molecule has 2 nitrogen and oxygen atoms in total. The van der Waals surface area contributed by atoms with Crippen LogP contribution in [0, 0.1) is 17.8 Å². The van der Waals surface area contributed by atoms with Crippen LogP contribution in [-0.4, -0.2) is 31.6 Å². The van der Waals surface area contributed by atoms with Gasteiger partial charge in [-0.15, -0.1) is 0 Å². The fourth-order valence-corrected chi connectivity index (χ4v) is 4.30. The second-order valence-electron chi connectivity index (χ2n) is 6.90. The molecule has 0 aliphatic heterocycles. The quantitative estimate of drug-likeness (QED) is 0.855. The van der Waals surface area contributed by atoms with E-state index in [0.717, 1.165) is 24.3 Å². The minimum absolute atomic E-state index is 0.658. The van der Waals surface area contributed by atoms with E-state index in [1.807, 2.05) is 0 Å². The van der Waals surface area contributed by atoms with Gasteiger partial charge in [0.25, 0.3) is 0 Å². The van der Waals surface area contributed by atoms with Crippen LogP contribution in [0.4, 0.5) is 0 Å². The zero-order valence-electron chi connectivity index (χ0n) is 13.8. The van der Waals surface area contributed by atoms with Crippen LogP contribution in [0.5, 0.6) is 0 Å². The third-order valence-corrected chi connectivity index (χ3v) is 5.74. The SMILES string of the molecule is CNC1CC(C)CC(C)C1CN(C)Cc1ccccc1Br. The topological polar surface area (TPSA) is 15.3 Å². The average molecular weight is 353 g/mol. The number of nitrogens with one attached hydrogen (secondary N) is 1. The summed E-state index contributed by atoms with van der Waals surface area (Å²) in [5, 5.41) is 3.56. The minimum Gasteiger partial charge on any atom is -0.317 e. The van der Waals surface area contributed by atoms with E-state index < -0.39 is 0 Å². The summed E-state index contributed by atoms with van der Waals surface area (Å²) < 4.78 is 1.22. The van der Waals surface area contributed by atoms with E-state index in [1.165, 1.54) is 29.4 Å². The van der Waals surface area contributed by atoms with Crippen LogP contribution in [-0.2, 0) is 6.54 Å². The van der Waals surface area contributed by atoms with Crippen LogP contribution in [0.2, 0.25) is 0 Å². The molecule has 1 aromatic rings. The fraction of sp³-hybridized carbons (Fsp3) is 0.667. The molecule has 1 N–H and O–H groups in total. The van der Waals surface area contributed by atoms with Gasteiger partial charge in [-0.25, -0.2) is 0 Å². The average Bonchev–Trinajstić information content (AvgIpc) is 2.44. The van der Waals surface area contributed by atoms with E-state index in [2.05, 4.69) is 78.4 Å². The van der Waals surface area contributed by atoms with E-state index in [1.54, 1.807) is 0 Å². The highest BCUT2D eigenvalue weighted by Gasteiger charge is 2.33. The first-order valence-electron chi connectivity index (χ1n) is 8.10. The van der Waals surface area contributed by atoms with Gasteiger partial charge < -0.3 is 10.2 Å². The molecule has 0 bridgehead atoms. The molecule has 1 saturated carbocycles. The van der Waals surface area contributed by atoms with Gasteiger partial charge in [0.15, 0.2) is 0 Å². The Balaban J connectivity index is 1.97. The molecule has 0 amide bonds. The molecule has 4 unspecified atom stereocenters. The third-order valence-electron chi connectivity index (χ3n) is 4.97. The molecule has 3 heteroatoms. The molecule has 1 aromatic carbocycles. The molecule has 0 spiro atoms. The molecular formula is C18H29BrN2. The molecule has 0 heterocycles. The maximum atomic E-state index is 3.66. The van der Waals surface area contributed by atoms with E-state index in [9.17, 15) is 0 Å². The van der Waals surface area contributed by atoms with Gasteiger partial charge >= 0.3 is 0 Å². The van der Waals surface area contributed by atoms with Gasteiger partial charge in [0, 0.05) is 23.6 Å². The number of halogens is 1. The van der Waals surface area contributed by atoms with Crippen LogP contribution in [0.25, 0.3) is 0 Å². The Bertz CT molecular complexity index is 449. The molecular weight excluding hydrogens is 324 g/mol. The molecule has 118 valence electrons. The first-order valence-corrected chi connectivity index (χ1v) is 8.89. The maximum absolute atomic E-state index is 3.66. The number of benzene rings is 1. The van der Waals surface area contributed by atoms with Gasteiger partial charge in [-0.2, -0.15) is 0 Å². The van der Waals surface area contributed by atoms with Crippen molar-refractivity contribution in [3.8, 4) is 0 Å². The number of hydrogen-bond donors (Lipinski definition) is 1. The summed E-state index contributed by atoms with van der Waals surface area (Å²) in [7, 11) is 4.37. The van der Waals surface area contributed by atoms with Gasteiger partial charge in [-0.05, 0) is 56.3 Å². The standard InChI is InChI=1S/C18H29BrN2/c1-13-9-14(2)16(18(10-13)20-3)12-21(4)11-15-7-5-6-8-17(15)19/h5-8,13-14,16,18,20H,9-12H2,1-4H3. The Morgan fingerprint density at radius 1 is 1.24 bits per heavy atom. The molecule has 0 radical (unpaired) electrons. The second kappa shape index (κ2) is 7.75. The largest absolute Gasteiger partial charge is 0.317 e. The van der Waals surface area contributed by atoms with Crippen molar-refractivity contribution in [1.29, 1.82) is 0 Å². The Morgan fingerprint density at radius 3 is 2.62 bits per heavy atom. The van der Waals surface area contributed by atoms with Gasteiger partial charge in [0.2, 0.25) is 0 Å². The number of hydrogen-bond acceptors (Lipinski definition) is 2. The summed E-state index contributed by atoms with van der Waals surface area (Å²) in [6.45, 7) is 7.00. The van der Waals surface area contributed by atoms with Crippen molar-refractivity contribution < 1.29 is 0 Å². The lowest BCUT2D eigenvalue weighted by Crippen LogP contribution is -2.47. The van der Waals surface area contributed by atoms with Crippen LogP contribution >= 0.6 is 15.9 Å². The second-order valence-corrected chi connectivity index (χ2v) is 7.76. The zero-order valence-corrected chi connectivity index (χ0v) is 15.4. The van der Waals surface area contributed by atoms with Crippen molar-refractivity contribution in [3.05, 3.63) is 34.3 Å². The molecule has 0 aromatic heterocycles. The number of nitrogens with zero attached hydrogens (tertiary/aromatic N) is 1. The van der Waals surface area contributed by atoms with Crippen molar-refractivity contribution in [3.63, 3.8) is 0 Å². The van der Waals surface area contributed by atoms with Crippen molar-refractivity contribution in [2.45, 2.75) is 39.3 Å². The lowest BCUT2D eigenvalue weighted by molar-refractivity contribution is 0.113. The Labute approximate surface area is 138 Å². The highest BCUT2D eigenvalue weighted by Crippen LogP contribution is 2.34. The Morgan fingerprint density at radius 2 is 1.95 bits per heavy atom. The molecule has 21 heavy (non-hydrogen) atoms. The first-order chi connectivity index (χ1) is 10.0. The van der Waals surface area contributed by atoms with Gasteiger partial charge in [0.1, 0.15) is 0 Å². The molecule has 1 aliphatic carbocycles. The first kappa shape index (κ1) is 17.0. The summed E-state index contributed by atoms with van der Waals surface area (Å²) >= 11 is 3.66.